The second kappa shape index (κ2) is 6.70. The number of amides is 1. The number of fused-ring (bicyclic) bond motifs is 1. The first-order valence-electron chi connectivity index (χ1n) is 8.39. The summed E-state index contributed by atoms with van der Waals surface area (Å²) in [4.78, 5) is 26.1. The zero-order valence-electron chi connectivity index (χ0n) is 15.1. The number of carbonyl (C=O) groups is 2. The van der Waals surface area contributed by atoms with E-state index in [1.54, 1.807) is 11.8 Å². The molecule has 26 heavy (non-hydrogen) atoms. The Morgan fingerprint density at radius 2 is 1.88 bits per heavy atom. The molecule has 138 valence electrons. The number of benzene rings is 1. The lowest BCUT2D eigenvalue weighted by Gasteiger charge is -2.30. The number of nitrogens with zero attached hydrogens (tertiary/aromatic N) is 3. The molecule has 0 aliphatic carbocycles. The molecule has 1 aromatic carbocycles. The van der Waals surface area contributed by atoms with Crippen LogP contribution in [-0.4, -0.2) is 33.5 Å². The van der Waals surface area contributed by atoms with E-state index in [4.69, 9.17) is 15.2 Å². The summed E-state index contributed by atoms with van der Waals surface area (Å²) in [6, 6.07) is 9.45. The zero-order chi connectivity index (χ0) is 18.9. The van der Waals surface area contributed by atoms with E-state index in [9.17, 15) is 9.59 Å². The second-order valence-electron chi connectivity index (χ2n) is 6.51. The number of carbonyl (C=O) groups excluding carboxylic acids is 2. The van der Waals surface area contributed by atoms with E-state index in [0.717, 1.165) is 10.2 Å². The van der Waals surface area contributed by atoms with Crippen LogP contribution < -0.4 is 5.73 Å². The average Bonchev–Trinajstić information content (AvgIpc) is 3.09. The van der Waals surface area contributed by atoms with Crippen molar-refractivity contribution in [3.8, 4) is 0 Å². The van der Waals surface area contributed by atoms with Crippen LogP contribution in [0.1, 0.15) is 37.6 Å². The van der Waals surface area contributed by atoms with Gasteiger partial charge in [-0.2, -0.15) is 5.10 Å². The molecule has 3 rings (SSSR count). The van der Waals surface area contributed by atoms with Crippen molar-refractivity contribution in [2.75, 3.05) is 12.3 Å². The van der Waals surface area contributed by atoms with E-state index < -0.39 is 17.7 Å². The highest BCUT2D eigenvalue weighted by Gasteiger charge is 2.46. The van der Waals surface area contributed by atoms with Crippen molar-refractivity contribution in [3.63, 3.8) is 0 Å². The van der Waals surface area contributed by atoms with E-state index in [2.05, 4.69) is 5.10 Å². The number of hydrogen-bond donors (Lipinski definition) is 1. The molecule has 8 heteroatoms. The molecule has 0 atom stereocenters. The Morgan fingerprint density at radius 3 is 2.50 bits per heavy atom. The highest BCUT2D eigenvalue weighted by molar-refractivity contribution is 5.77. The number of ether oxygens (including phenoxy) is 2. The van der Waals surface area contributed by atoms with Gasteiger partial charge >= 0.3 is 12.2 Å². The van der Waals surface area contributed by atoms with Crippen LogP contribution in [0.3, 0.4) is 0 Å². The Labute approximate surface area is 151 Å². The van der Waals surface area contributed by atoms with E-state index in [-0.39, 0.29) is 25.6 Å². The first-order valence-corrected chi connectivity index (χ1v) is 8.39. The van der Waals surface area contributed by atoms with Crippen LogP contribution in [0.2, 0.25) is 0 Å². The SMILES string of the molecule is CCOC(=O)n1nc2c(c1N)CN(C(=O)OCc1ccccc1)C2(C)C. The lowest BCUT2D eigenvalue weighted by Crippen LogP contribution is -2.41. The molecule has 8 nitrogen and oxygen atoms in total. The molecular formula is C18H22N4O4. The summed E-state index contributed by atoms with van der Waals surface area (Å²) in [5.41, 5.74) is 7.41. The van der Waals surface area contributed by atoms with Gasteiger partial charge in [-0.25, -0.2) is 9.59 Å². The molecule has 1 aliphatic rings. The maximum atomic E-state index is 12.6. The summed E-state index contributed by atoms with van der Waals surface area (Å²) in [6.45, 7) is 6.02. The fourth-order valence-corrected chi connectivity index (χ4v) is 3.01. The fraction of sp³-hybridized carbons (Fsp3) is 0.389. The van der Waals surface area contributed by atoms with E-state index in [1.807, 2.05) is 44.2 Å². The van der Waals surface area contributed by atoms with Gasteiger partial charge < -0.3 is 15.2 Å². The minimum atomic E-state index is -0.755. The van der Waals surface area contributed by atoms with E-state index >= 15 is 0 Å². The molecule has 2 aromatic rings. The predicted octanol–water partition coefficient (Wildman–Crippen LogP) is 2.86. The number of rotatable bonds is 3. The summed E-state index contributed by atoms with van der Waals surface area (Å²) in [6.07, 6.45) is -1.09. The van der Waals surface area contributed by atoms with Gasteiger partial charge in [-0.15, -0.1) is 4.68 Å². The van der Waals surface area contributed by atoms with Crippen LogP contribution in [0.5, 0.6) is 0 Å². The Hall–Kier alpha value is -3.03. The van der Waals surface area contributed by atoms with Gasteiger partial charge in [0.1, 0.15) is 12.4 Å². The normalized spacial score (nSPS) is 14.8. The second-order valence-corrected chi connectivity index (χ2v) is 6.51. The first kappa shape index (κ1) is 17.8. The summed E-state index contributed by atoms with van der Waals surface area (Å²) in [5, 5.41) is 4.28. The number of hydrogen-bond acceptors (Lipinski definition) is 6. The number of nitrogens with two attached hydrogens (primary N) is 1. The van der Waals surface area contributed by atoms with Gasteiger partial charge in [0.15, 0.2) is 0 Å². The fourth-order valence-electron chi connectivity index (χ4n) is 3.01. The highest BCUT2D eigenvalue weighted by atomic mass is 16.6. The average molecular weight is 358 g/mol. The third-order valence-corrected chi connectivity index (χ3v) is 4.46. The van der Waals surface area contributed by atoms with Crippen molar-refractivity contribution in [2.45, 2.75) is 39.5 Å². The van der Waals surface area contributed by atoms with Crippen molar-refractivity contribution < 1.29 is 19.1 Å². The Morgan fingerprint density at radius 1 is 1.19 bits per heavy atom. The van der Waals surface area contributed by atoms with Gasteiger partial charge in [-0.1, -0.05) is 30.3 Å². The molecule has 2 N–H and O–H groups in total. The smallest absolute Gasteiger partial charge is 0.436 e. The van der Waals surface area contributed by atoms with Crippen LogP contribution in [0, 0.1) is 0 Å². The molecule has 0 unspecified atom stereocenters. The summed E-state index contributed by atoms with van der Waals surface area (Å²) < 4.78 is 11.4. The van der Waals surface area contributed by atoms with Gasteiger partial charge in [-0.05, 0) is 26.3 Å². The highest BCUT2D eigenvalue weighted by Crippen LogP contribution is 2.41. The Balaban J connectivity index is 1.77. The van der Waals surface area contributed by atoms with E-state index in [0.29, 0.717) is 11.3 Å². The molecule has 1 aliphatic heterocycles. The molecule has 0 fully saturated rings. The van der Waals surface area contributed by atoms with Crippen LogP contribution >= 0.6 is 0 Å². The lowest BCUT2D eigenvalue weighted by molar-refractivity contribution is 0.0601. The topological polar surface area (TPSA) is 99.7 Å². The zero-order valence-corrected chi connectivity index (χ0v) is 15.1. The van der Waals surface area contributed by atoms with Crippen LogP contribution in [-0.2, 0) is 28.2 Å². The quantitative estimate of drug-likeness (QED) is 0.905. The summed E-state index contributed by atoms with van der Waals surface area (Å²) in [5.74, 6) is 0.185. The van der Waals surface area contributed by atoms with Crippen molar-refractivity contribution >= 4 is 18.0 Å². The van der Waals surface area contributed by atoms with Gasteiger partial charge in [0.2, 0.25) is 0 Å². The van der Waals surface area contributed by atoms with Gasteiger partial charge in [0, 0.05) is 5.56 Å². The summed E-state index contributed by atoms with van der Waals surface area (Å²) in [7, 11) is 0. The number of anilines is 1. The first-order chi connectivity index (χ1) is 12.4. The van der Waals surface area contributed by atoms with Gasteiger partial charge in [-0.3, -0.25) is 4.90 Å². The maximum Gasteiger partial charge on any atom is 0.436 e. The molecule has 0 radical (unpaired) electrons. The number of aromatic nitrogens is 2. The van der Waals surface area contributed by atoms with E-state index in [1.165, 1.54) is 0 Å². The maximum absolute atomic E-state index is 12.6. The molecule has 0 spiro atoms. The standard InChI is InChI=1S/C18H22N4O4/c1-4-25-17(24)22-15(19)13-10-21(18(2,3)14(13)20-22)16(23)26-11-12-8-6-5-7-9-12/h5-9H,4,10-11,19H2,1-3H3. The van der Waals surface area contributed by atoms with Crippen molar-refractivity contribution in [1.29, 1.82) is 0 Å². The minimum absolute atomic E-state index is 0.183. The monoisotopic (exact) mass is 358 g/mol. The van der Waals surface area contributed by atoms with Crippen LogP contribution in [0.4, 0.5) is 15.4 Å². The third-order valence-electron chi connectivity index (χ3n) is 4.46. The van der Waals surface area contributed by atoms with Crippen molar-refractivity contribution in [1.82, 2.24) is 14.7 Å². The molecule has 0 bridgehead atoms. The van der Waals surface area contributed by atoms with Crippen LogP contribution in [0.25, 0.3) is 0 Å². The van der Waals surface area contributed by atoms with Gasteiger partial charge in [0.05, 0.1) is 24.4 Å². The molecular weight excluding hydrogens is 336 g/mol. The molecule has 2 heterocycles. The Bertz CT molecular complexity index is 829. The predicted molar refractivity (Wildman–Crippen MR) is 94.3 cm³/mol. The number of nitrogen functional groups attached to an aromatic ring is 1. The van der Waals surface area contributed by atoms with Gasteiger partial charge in [0.25, 0.3) is 0 Å². The molecule has 0 saturated carbocycles. The lowest BCUT2D eigenvalue weighted by atomic mass is 10.0. The molecule has 0 saturated heterocycles. The summed E-state index contributed by atoms with van der Waals surface area (Å²) >= 11 is 0. The van der Waals surface area contributed by atoms with Crippen molar-refractivity contribution in [3.05, 3.63) is 47.2 Å². The minimum Gasteiger partial charge on any atom is -0.448 e. The molecule has 1 aromatic heterocycles. The van der Waals surface area contributed by atoms with Crippen molar-refractivity contribution in [2.24, 2.45) is 0 Å². The van der Waals surface area contributed by atoms with Crippen LogP contribution in [0.15, 0.2) is 30.3 Å². The largest absolute Gasteiger partial charge is 0.448 e. The molecule has 1 amide bonds. The Kier molecular flexibility index (Phi) is 4.58. The third kappa shape index (κ3) is 2.98.